The zero-order valence-corrected chi connectivity index (χ0v) is 15.4. The molecule has 0 radical (unpaired) electrons. The van der Waals surface area contributed by atoms with Crippen LogP contribution in [0, 0.1) is 5.92 Å². The van der Waals surface area contributed by atoms with Gasteiger partial charge in [0.1, 0.15) is 5.60 Å². The number of pyridine rings is 1. The highest BCUT2D eigenvalue weighted by molar-refractivity contribution is 5.80. The summed E-state index contributed by atoms with van der Waals surface area (Å²) in [6.07, 6.45) is 5.90. The standard InChI is InChI=1S/C19H29N3O3/c1-19(2,3)25-18(24)22-16-11-6-4-5-10-15(16)17(23)21-13-14-9-7-8-12-20-14/h7-9,12,15-16H,4-6,10-11,13H2,1-3H3,(H,21,23)(H,22,24)/t15-,16-/m0/s1. The highest BCUT2D eigenvalue weighted by Crippen LogP contribution is 2.24. The molecule has 2 N–H and O–H groups in total. The van der Waals surface area contributed by atoms with E-state index in [1.165, 1.54) is 0 Å². The molecule has 6 nitrogen and oxygen atoms in total. The minimum absolute atomic E-state index is 0.0337. The van der Waals surface area contributed by atoms with E-state index >= 15 is 0 Å². The van der Waals surface area contributed by atoms with Gasteiger partial charge in [0.15, 0.2) is 0 Å². The Bertz CT molecular complexity index is 569. The van der Waals surface area contributed by atoms with Gasteiger partial charge in [0.2, 0.25) is 5.91 Å². The fraction of sp³-hybridized carbons (Fsp3) is 0.632. The Balaban J connectivity index is 1.96. The van der Waals surface area contributed by atoms with E-state index < -0.39 is 11.7 Å². The smallest absolute Gasteiger partial charge is 0.407 e. The number of nitrogens with zero attached hydrogens (tertiary/aromatic N) is 1. The molecule has 1 aliphatic carbocycles. The van der Waals surface area contributed by atoms with E-state index in [2.05, 4.69) is 15.6 Å². The first-order chi connectivity index (χ1) is 11.8. The first-order valence-corrected chi connectivity index (χ1v) is 9.02. The molecule has 0 bridgehead atoms. The van der Waals surface area contributed by atoms with Crippen LogP contribution in [-0.2, 0) is 16.1 Å². The van der Waals surface area contributed by atoms with Crippen molar-refractivity contribution < 1.29 is 14.3 Å². The Morgan fingerprint density at radius 3 is 2.64 bits per heavy atom. The van der Waals surface area contributed by atoms with Gasteiger partial charge in [-0.3, -0.25) is 9.78 Å². The zero-order chi connectivity index (χ0) is 18.3. The molecular formula is C19H29N3O3. The second-order valence-electron chi connectivity index (χ2n) is 7.54. The minimum Gasteiger partial charge on any atom is -0.444 e. The average molecular weight is 347 g/mol. The van der Waals surface area contributed by atoms with Crippen LogP contribution < -0.4 is 10.6 Å². The van der Waals surface area contributed by atoms with Crippen molar-refractivity contribution in [1.29, 1.82) is 0 Å². The first kappa shape index (κ1) is 19.2. The molecule has 1 aromatic rings. The monoisotopic (exact) mass is 347 g/mol. The highest BCUT2D eigenvalue weighted by Gasteiger charge is 2.31. The van der Waals surface area contributed by atoms with Gasteiger partial charge in [-0.1, -0.05) is 25.3 Å². The molecule has 2 rings (SSSR count). The normalized spacial score (nSPS) is 21.1. The summed E-state index contributed by atoms with van der Waals surface area (Å²) < 4.78 is 5.35. The Labute approximate surface area is 149 Å². The lowest BCUT2D eigenvalue weighted by molar-refractivity contribution is -0.126. The summed E-state index contributed by atoms with van der Waals surface area (Å²) in [5.74, 6) is -0.271. The number of rotatable bonds is 4. The SMILES string of the molecule is CC(C)(C)OC(=O)N[C@H]1CCCCC[C@@H]1C(=O)NCc1ccccn1. The van der Waals surface area contributed by atoms with Crippen LogP contribution in [0.15, 0.2) is 24.4 Å². The van der Waals surface area contributed by atoms with E-state index in [4.69, 9.17) is 4.74 Å². The van der Waals surface area contributed by atoms with Gasteiger partial charge in [0.25, 0.3) is 0 Å². The molecule has 0 unspecified atom stereocenters. The molecular weight excluding hydrogens is 318 g/mol. The second kappa shape index (κ2) is 8.83. The van der Waals surface area contributed by atoms with Gasteiger partial charge in [0.05, 0.1) is 18.2 Å². The molecule has 6 heteroatoms. The summed E-state index contributed by atoms with van der Waals surface area (Å²) in [6.45, 7) is 5.89. The number of carbonyl (C=O) groups excluding carboxylic acids is 2. The van der Waals surface area contributed by atoms with E-state index in [1.807, 2.05) is 39.0 Å². The summed E-state index contributed by atoms with van der Waals surface area (Å²) in [6, 6.07) is 5.43. The number of ether oxygens (including phenoxy) is 1. The van der Waals surface area contributed by atoms with Crippen LogP contribution in [0.3, 0.4) is 0 Å². The van der Waals surface area contributed by atoms with Gasteiger partial charge in [0, 0.05) is 12.2 Å². The van der Waals surface area contributed by atoms with Crippen molar-refractivity contribution in [2.45, 2.75) is 71.1 Å². The van der Waals surface area contributed by atoms with Crippen molar-refractivity contribution in [3.8, 4) is 0 Å². The van der Waals surface area contributed by atoms with Crippen molar-refractivity contribution in [2.75, 3.05) is 0 Å². The summed E-state index contributed by atoms with van der Waals surface area (Å²) >= 11 is 0. The van der Waals surface area contributed by atoms with Crippen LogP contribution in [0.4, 0.5) is 4.79 Å². The fourth-order valence-electron chi connectivity index (χ4n) is 3.06. The lowest BCUT2D eigenvalue weighted by Gasteiger charge is -2.27. The highest BCUT2D eigenvalue weighted by atomic mass is 16.6. The number of alkyl carbamates (subject to hydrolysis) is 1. The van der Waals surface area contributed by atoms with Crippen LogP contribution >= 0.6 is 0 Å². The van der Waals surface area contributed by atoms with E-state index in [9.17, 15) is 9.59 Å². The van der Waals surface area contributed by atoms with Gasteiger partial charge in [-0.15, -0.1) is 0 Å². The van der Waals surface area contributed by atoms with Crippen molar-refractivity contribution in [3.05, 3.63) is 30.1 Å². The summed E-state index contributed by atoms with van der Waals surface area (Å²) in [5.41, 5.74) is 0.270. The first-order valence-electron chi connectivity index (χ1n) is 9.02. The second-order valence-corrected chi connectivity index (χ2v) is 7.54. The molecule has 25 heavy (non-hydrogen) atoms. The predicted octanol–water partition coefficient (Wildman–Crippen LogP) is 3.17. The molecule has 1 aliphatic rings. The number of carbonyl (C=O) groups is 2. The lowest BCUT2D eigenvalue weighted by atomic mass is 9.94. The Morgan fingerprint density at radius 1 is 1.20 bits per heavy atom. The minimum atomic E-state index is -0.550. The van der Waals surface area contributed by atoms with Crippen LogP contribution in [0.1, 0.15) is 58.6 Å². The van der Waals surface area contributed by atoms with Gasteiger partial charge >= 0.3 is 6.09 Å². The summed E-state index contributed by atoms with van der Waals surface area (Å²) in [5, 5.41) is 5.86. The number of hydrogen-bond acceptors (Lipinski definition) is 4. The maximum absolute atomic E-state index is 12.7. The fourth-order valence-corrected chi connectivity index (χ4v) is 3.06. The molecule has 138 valence electrons. The quantitative estimate of drug-likeness (QED) is 0.820. The van der Waals surface area contributed by atoms with Gasteiger partial charge < -0.3 is 15.4 Å². The van der Waals surface area contributed by atoms with Gasteiger partial charge in [-0.2, -0.15) is 0 Å². The number of aromatic nitrogens is 1. The number of amides is 2. The number of hydrogen-bond donors (Lipinski definition) is 2. The van der Waals surface area contributed by atoms with E-state index in [-0.39, 0.29) is 17.9 Å². The maximum Gasteiger partial charge on any atom is 0.407 e. The van der Waals surface area contributed by atoms with E-state index in [0.29, 0.717) is 6.54 Å². The Hall–Kier alpha value is -2.11. The van der Waals surface area contributed by atoms with Crippen LogP contribution in [0.5, 0.6) is 0 Å². The molecule has 0 saturated heterocycles. The third-order valence-electron chi connectivity index (χ3n) is 4.22. The van der Waals surface area contributed by atoms with Crippen molar-refractivity contribution in [3.63, 3.8) is 0 Å². The molecule has 1 heterocycles. The Morgan fingerprint density at radius 2 is 1.96 bits per heavy atom. The molecule has 0 aliphatic heterocycles. The molecule has 2 atom stereocenters. The van der Waals surface area contributed by atoms with Crippen LogP contribution in [0.2, 0.25) is 0 Å². The Kier molecular flexibility index (Phi) is 6.79. The van der Waals surface area contributed by atoms with Gasteiger partial charge in [-0.25, -0.2) is 4.79 Å². The summed E-state index contributed by atoms with van der Waals surface area (Å²) in [4.78, 5) is 29.0. The van der Waals surface area contributed by atoms with Crippen molar-refractivity contribution >= 4 is 12.0 Å². The van der Waals surface area contributed by atoms with E-state index in [1.54, 1.807) is 6.20 Å². The van der Waals surface area contributed by atoms with Crippen molar-refractivity contribution in [2.24, 2.45) is 5.92 Å². The molecule has 0 spiro atoms. The maximum atomic E-state index is 12.7. The molecule has 0 aromatic carbocycles. The summed E-state index contributed by atoms with van der Waals surface area (Å²) in [7, 11) is 0. The molecule has 1 saturated carbocycles. The van der Waals surface area contributed by atoms with Gasteiger partial charge in [-0.05, 0) is 45.7 Å². The average Bonchev–Trinajstić information content (AvgIpc) is 2.77. The van der Waals surface area contributed by atoms with Crippen LogP contribution in [0.25, 0.3) is 0 Å². The largest absolute Gasteiger partial charge is 0.444 e. The predicted molar refractivity (Wildman–Crippen MR) is 95.8 cm³/mol. The zero-order valence-electron chi connectivity index (χ0n) is 15.4. The topological polar surface area (TPSA) is 80.3 Å². The third-order valence-corrected chi connectivity index (χ3v) is 4.22. The lowest BCUT2D eigenvalue weighted by Crippen LogP contribution is -2.47. The molecule has 2 amide bonds. The van der Waals surface area contributed by atoms with Crippen molar-refractivity contribution in [1.82, 2.24) is 15.6 Å². The number of nitrogens with one attached hydrogen (secondary N) is 2. The third kappa shape index (κ3) is 6.72. The molecule has 1 fully saturated rings. The van der Waals surface area contributed by atoms with E-state index in [0.717, 1.165) is 37.8 Å². The molecule has 1 aromatic heterocycles. The van der Waals surface area contributed by atoms with Crippen LogP contribution in [-0.4, -0.2) is 28.6 Å².